The average molecular weight is 267 g/mol. The maximum absolute atomic E-state index is 13.0. The number of nitrogens with zero attached hydrogens (tertiary/aromatic N) is 1. The number of carbonyl (C=O) groups excluding carboxylic acids is 1. The summed E-state index contributed by atoms with van der Waals surface area (Å²) in [5.41, 5.74) is 5.17. The normalized spacial score (nSPS) is 23.5. The number of nitrogens with two attached hydrogens (primary N) is 1. The van der Waals surface area contributed by atoms with Crippen LogP contribution in [0.25, 0.3) is 0 Å². The highest BCUT2D eigenvalue weighted by molar-refractivity contribution is 5.92. The van der Waals surface area contributed by atoms with E-state index in [1.165, 1.54) is 18.2 Å². The highest BCUT2D eigenvalue weighted by Crippen LogP contribution is 2.20. The van der Waals surface area contributed by atoms with Crippen LogP contribution in [0.15, 0.2) is 18.2 Å². The zero-order valence-corrected chi connectivity index (χ0v) is 10.8. The van der Waals surface area contributed by atoms with Gasteiger partial charge in [-0.25, -0.2) is 4.39 Å². The molecule has 1 fully saturated rings. The molecule has 1 heterocycles. The number of carbonyl (C=O) groups is 1. The van der Waals surface area contributed by atoms with Gasteiger partial charge in [0.2, 0.25) is 5.91 Å². The predicted molar refractivity (Wildman–Crippen MR) is 71.1 cm³/mol. The molecule has 0 saturated carbocycles. The topological polar surface area (TPSA) is 78.6 Å². The third-order valence-electron chi connectivity index (χ3n) is 3.18. The minimum Gasteiger partial charge on any atom is -0.396 e. The largest absolute Gasteiger partial charge is 0.396 e. The molecule has 1 unspecified atom stereocenters. The minimum absolute atomic E-state index is 0.00176. The molecule has 1 saturated heterocycles. The van der Waals surface area contributed by atoms with Gasteiger partial charge in [0, 0.05) is 18.8 Å². The second kappa shape index (κ2) is 5.14. The Morgan fingerprint density at radius 2 is 2.37 bits per heavy atom. The minimum atomic E-state index is -0.722. The van der Waals surface area contributed by atoms with Crippen LogP contribution in [-0.4, -0.2) is 41.1 Å². The van der Waals surface area contributed by atoms with Crippen molar-refractivity contribution < 1.29 is 14.3 Å². The van der Waals surface area contributed by atoms with E-state index in [0.717, 1.165) is 0 Å². The summed E-state index contributed by atoms with van der Waals surface area (Å²) in [6.07, 6.45) is 0.657. The maximum Gasteiger partial charge on any atom is 0.238 e. The van der Waals surface area contributed by atoms with Gasteiger partial charge in [-0.1, -0.05) is 0 Å². The van der Waals surface area contributed by atoms with E-state index in [2.05, 4.69) is 5.32 Å². The fourth-order valence-electron chi connectivity index (χ4n) is 2.20. The number of rotatable bonds is 3. The summed E-state index contributed by atoms with van der Waals surface area (Å²) in [7, 11) is 0. The van der Waals surface area contributed by atoms with Crippen LogP contribution >= 0.6 is 0 Å². The molecule has 0 bridgehead atoms. The monoisotopic (exact) mass is 267 g/mol. The second-order valence-electron chi connectivity index (χ2n) is 5.24. The molecule has 4 N–H and O–H groups in total. The molecule has 5 nitrogen and oxygen atoms in total. The highest BCUT2D eigenvalue weighted by atomic mass is 19.1. The Morgan fingerprint density at radius 1 is 1.63 bits per heavy atom. The lowest BCUT2D eigenvalue weighted by Gasteiger charge is -2.18. The molecule has 1 amide bonds. The Labute approximate surface area is 111 Å². The molecule has 1 aliphatic heterocycles. The van der Waals surface area contributed by atoms with Crippen molar-refractivity contribution in [2.24, 2.45) is 0 Å². The van der Waals surface area contributed by atoms with Gasteiger partial charge in [0.05, 0.1) is 17.8 Å². The summed E-state index contributed by atoms with van der Waals surface area (Å²) in [6, 6.07) is 4.06. The third-order valence-corrected chi connectivity index (χ3v) is 3.18. The summed E-state index contributed by atoms with van der Waals surface area (Å²) in [6.45, 7) is 3.12. The zero-order valence-electron chi connectivity index (χ0n) is 10.8. The number of amides is 1. The predicted octanol–water partition coefficient (Wildman–Crippen LogP) is 0.803. The molecule has 1 aromatic rings. The fraction of sp³-hybridized carbons (Fsp3) is 0.462. The molecular formula is C13H18FN3O2. The lowest BCUT2D eigenvalue weighted by Crippen LogP contribution is -2.35. The van der Waals surface area contributed by atoms with Gasteiger partial charge in [-0.2, -0.15) is 0 Å². The number of hydrogen-bond donors (Lipinski definition) is 3. The van der Waals surface area contributed by atoms with Gasteiger partial charge in [-0.15, -0.1) is 0 Å². The van der Waals surface area contributed by atoms with Crippen molar-refractivity contribution >= 4 is 17.3 Å². The van der Waals surface area contributed by atoms with Crippen molar-refractivity contribution in [3.63, 3.8) is 0 Å². The molecule has 6 heteroatoms. The van der Waals surface area contributed by atoms with Crippen molar-refractivity contribution in [3.05, 3.63) is 24.0 Å². The highest BCUT2D eigenvalue weighted by Gasteiger charge is 2.31. The van der Waals surface area contributed by atoms with Crippen LogP contribution in [0.2, 0.25) is 0 Å². The Kier molecular flexibility index (Phi) is 3.73. The van der Waals surface area contributed by atoms with Crippen molar-refractivity contribution in [2.75, 3.05) is 30.7 Å². The van der Waals surface area contributed by atoms with E-state index in [9.17, 15) is 14.3 Å². The van der Waals surface area contributed by atoms with Crippen LogP contribution in [0.5, 0.6) is 0 Å². The standard InChI is InChI=1S/C13H18FN3O2/c1-13(19)4-5-17(8-13)7-12(18)16-9-2-3-10(14)11(15)6-9/h2-3,6,19H,4-5,7-8,15H2,1H3,(H,16,18). The van der Waals surface area contributed by atoms with Crippen LogP contribution < -0.4 is 11.1 Å². The first-order valence-corrected chi connectivity index (χ1v) is 6.15. The Hall–Kier alpha value is -1.66. The van der Waals surface area contributed by atoms with Gasteiger partial charge in [0.1, 0.15) is 5.82 Å². The number of halogens is 1. The summed E-state index contributed by atoms with van der Waals surface area (Å²) >= 11 is 0. The molecule has 104 valence electrons. The lowest BCUT2D eigenvalue weighted by molar-refractivity contribution is -0.117. The number of nitrogen functional groups attached to an aromatic ring is 1. The van der Waals surface area contributed by atoms with E-state index in [0.29, 0.717) is 25.2 Å². The smallest absolute Gasteiger partial charge is 0.238 e. The van der Waals surface area contributed by atoms with Crippen LogP contribution in [0, 0.1) is 5.82 Å². The fourth-order valence-corrected chi connectivity index (χ4v) is 2.20. The van der Waals surface area contributed by atoms with E-state index in [1.54, 1.807) is 6.92 Å². The van der Waals surface area contributed by atoms with E-state index >= 15 is 0 Å². The van der Waals surface area contributed by atoms with Gasteiger partial charge in [0.15, 0.2) is 0 Å². The molecular weight excluding hydrogens is 249 g/mol. The van der Waals surface area contributed by atoms with E-state index in [1.807, 2.05) is 4.90 Å². The lowest BCUT2D eigenvalue weighted by atomic mass is 10.1. The molecule has 0 spiro atoms. The molecule has 19 heavy (non-hydrogen) atoms. The SMILES string of the molecule is CC1(O)CCN(CC(=O)Nc2ccc(F)c(N)c2)C1. The number of likely N-dealkylation sites (tertiary alicyclic amines) is 1. The van der Waals surface area contributed by atoms with Crippen LogP contribution in [0.1, 0.15) is 13.3 Å². The molecule has 1 atom stereocenters. The first kappa shape index (κ1) is 13.8. The van der Waals surface area contributed by atoms with Gasteiger partial charge in [-0.05, 0) is 31.5 Å². The quantitative estimate of drug-likeness (QED) is 0.708. The van der Waals surface area contributed by atoms with Crippen molar-refractivity contribution in [3.8, 4) is 0 Å². The molecule has 2 rings (SSSR count). The Balaban J connectivity index is 1.89. The number of β-amino-alcohol motifs (C(OH)–C–C–N with tert-alkyl or cyclic N) is 1. The Bertz CT molecular complexity index is 491. The van der Waals surface area contributed by atoms with E-state index in [-0.39, 0.29) is 18.1 Å². The number of anilines is 2. The number of benzene rings is 1. The van der Waals surface area contributed by atoms with Crippen molar-refractivity contribution in [1.29, 1.82) is 0 Å². The van der Waals surface area contributed by atoms with Gasteiger partial charge in [0.25, 0.3) is 0 Å². The van der Waals surface area contributed by atoms with Gasteiger partial charge in [-0.3, -0.25) is 9.69 Å². The van der Waals surface area contributed by atoms with E-state index in [4.69, 9.17) is 5.73 Å². The van der Waals surface area contributed by atoms with Gasteiger partial charge < -0.3 is 16.2 Å². The number of nitrogens with one attached hydrogen (secondary N) is 1. The molecule has 0 aromatic heterocycles. The summed E-state index contributed by atoms with van der Waals surface area (Å²) in [5.74, 6) is -0.711. The van der Waals surface area contributed by atoms with Crippen molar-refractivity contribution in [2.45, 2.75) is 18.9 Å². The van der Waals surface area contributed by atoms with Crippen LogP contribution in [0.4, 0.5) is 15.8 Å². The first-order chi connectivity index (χ1) is 8.85. The number of aliphatic hydroxyl groups is 1. The summed E-state index contributed by atoms with van der Waals surface area (Å²) < 4.78 is 13.0. The second-order valence-corrected chi connectivity index (χ2v) is 5.24. The zero-order chi connectivity index (χ0) is 14.0. The van der Waals surface area contributed by atoms with E-state index < -0.39 is 11.4 Å². The van der Waals surface area contributed by atoms with Crippen molar-refractivity contribution in [1.82, 2.24) is 4.90 Å². The molecule has 1 aliphatic rings. The van der Waals surface area contributed by atoms with Crippen LogP contribution in [-0.2, 0) is 4.79 Å². The maximum atomic E-state index is 13.0. The molecule has 1 aromatic carbocycles. The number of hydrogen-bond acceptors (Lipinski definition) is 4. The summed E-state index contributed by atoms with van der Waals surface area (Å²) in [4.78, 5) is 13.7. The Morgan fingerprint density at radius 3 is 2.95 bits per heavy atom. The summed E-state index contributed by atoms with van der Waals surface area (Å²) in [5, 5.41) is 12.5. The molecule has 0 radical (unpaired) electrons. The van der Waals surface area contributed by atoms with Crippen LogP contribution in [0.3, 0.4) is 0 Å². The first-order valence-electron chi connectivity index (χ1n) is 6.15. The third kappa shape index (κ3) is 3.65. The average Bonchev–Trinajstić information content (AvgIpc) is 2.63. The van der Waals surface area contributed by atoms with Gasteiger partial charge >= 0.3 is 0 Å². The molecule has 0 aliphatic carbocycles.